The van der Waals surface area contributed by atoms with Gasteiger partial charge in [0.25, 0.3) is 0 Å². The Kier molecular flexibility index (Phi) is 9.90. The highest BCUT2D eigenvalue weighted by Gasteiger charge is 2.19. The average molecular weight is 618 g/mol. The van der Waals surface area contributed by atoms with Crippen LogP contribution in [0.5, 0.6) is 0 Å². The zero-order valence-corrected chi connectivity index (χ0v) is 26.6. The van der Waals surface area contributed by atoms with Gasteiger partial charge in [0.2, 0.25) is 0 Å². The van der Waals surface area contributed by atoms with Crippen LogP contribution >= 0.6 is 13.5 Å². The van der Waals surface area contributed by atoms with Crippen LogP contribution in [0.3, 0.4) is 0 Å². The lowest BCUT2D eigenvalue weighted by Crippen LogP contribution is -2.16. The number of nitrogens with zero attached hydrogens (tertiary/aromatic N) is 3. The van der Waals surface area contributed by atoms with Gasteiger partial charge in [-0.25, -0.2) is 4.99 Å². The third kappa shape index (κ3) is 6.98. The molecule has 2 heterocycles. The van der Waals surface area contributed by atoms with Gasteiger partial charge in [0.15, 0.2) is 5.84 Å². The molecule has 46 heavy (non-hydrogen) atoms. The molecule has 1 aliphatic rings. The van der Waals surface area contributed by atoms with Crippen molar-refractivity contribution in [2.75, 3.05) is 4.90 Å². The molecule has 0 aliphatic carbocycles. The van der Waals surface area contributed by atoms with Crippen LogP contribution in [0.2, 0.25) is 0 Å². The maximum atomic E-state index is 8.68. The summed E-state index contributed by atoms with van der Waals surface area (Å²) >= 11 is 0. The summed E-state index contributed by atoms with van der Waals surface area (Å²) < 4.78 is 0. The van der Waals surface area contributed by atoms with Gasteiger partial charge in [-0.2, -0.15) is 13.5 Å². The van der Waals surface area contributed by atoms with E-state index in [4.69, 9.17) is 11.1 Å². The number of hydrogen-bond donors (Lipinski definition) is 2. The lowest BCUT2D eigenvalue weighted by molar-refractivity contribution is 1.21. The molecule has 0 saturated heterocycles. The van der Waals surface area contributed by atoms with Gasteiger partial charge in [-0.15, -0.1) is 0 Å². The molecule has 6 heteroatoms. The Morgan fingerprint density at radius 3 is 2.17 bits per heavy atom. The van der Waals surface area contributed by atoms with Crippen molar-refractivity contribution in [3.8, 4) is 0 Å². The predicted octanol–water partition coefficient (Wildman–Crippen LogP) is 9.26. The summed E-state index contributed by atoms with van der Waals surface area (Å²) in [5, 5.41) is 10.9. The van der Waals surface area contributed by atoms with Gasteiger partial charge in [0.1, 0.15) is 5.84 Å². The van der Waals surface area contributed by atoms with Gasteiger partial charge in [-0.1, -0.05) is 121 Å². The van der Waals surface area contributed by atoms with E-state index in [0.29, 0.717) is 5.56 Å². The number of pyridine rings is 1. The Labute approximate surface area is 277 Å². The van der Waals surface area contributed by atoms with Gasteiger partial charge < -0.3 is 10.6 Å². The first-order valence-electron chi connectivity index (χ1n) is 14.7. The number of aliphatic imine (C=N–C) groups is 1. The molecule has 0 saturated carbocycles. The minimum absolute atomic E-state index is 0. The molecule has 1 aliphatic heterocycles. The van der Waals surface area contributed by atoms with Gasteiger partial charge in [0, 0.05) is 29.1 Å². The smallest absolute Gasteiger partial charge is 0.155 e. The highest BCUT2D eigenvalue weighted by molar-refractivity contribution is 7.59. The highest BCUT2D eigenvalue weighted by Crippen LogP contribution is 2.38. The van der Waals surface area contributed by atoms with Gasteiger partial charge in [0.05, 0.1) is 17.6 Å². The van der Waals surface area contributed by atoms with Crippen LogP contribution < -0.4 is 10.6 Å². The fourth-order valence-electron chi connectivity index (χ4n) is 5.28. The van der Waals surface area contributed by atoms with E-state index in [1.165, 1.54) is 5.56 Å². The molecule has 0 atom stereocenters. The lowest BCUT2D eigenvalue weighted by atomic mass is 9.92. The summed E-state index contributed by atoms with van der Waals surface area (Å²) in [6.07, 6.45) is 7.52. The molecule has 0 amide bonds. The van der Waals surface area contributed by atoms with Crippen LogP contribution in [0, 0.1) is 12.3 Å². The van der Waals surface area contributed by atoms with Crippen LogP contribution in [-0.2, 0) is 0 Å². The number of benzene rings is 5. The second-order valence-electron chi connectivity index (χ2n) is 10.8. The Morgan fingerprint density at radius 1 is 0.739 bits per heavy atom. The van der Waals surface area contributed by atoms with Crippen molar-refractivity contribution >= 4 is 59.0 Å². The van der Waals surface area contributed by atoms with Crippen molar-refractivity contribution in [3.05, 3.63) is 186 Å². The first-order chi connectivity index (χ1) is 22.0. The number of fused-ring (bicyclic) bond motifs is 3. The standard InChI is InChI=1S/C33H25N5.C7H8.H2S/c1-22-29-11-5-4-9-24(29)16-17-38(31-13-7-6-12-30(22)31)28-19-27(20-36-21-28)33(35)37-32(34)26-15-14-23-8-2-3-10-25(23)18-26;1-7-5-3-2-4-6-7;/h2-21H,1H2,(H3,34,35,37);2-6H,1H3;1H2/b17-16-;;. The zero-order valence-electron chi connectivity index (χ0n) is 25.6. The second-order valence-corrected chi connectivity index (χ2v) is 10.8. The minimum atomic E-state index is 0. The van der Waals surface area contributed by atoms with Crippen LogP contribution in [-0.4, -0.2) is 16.7 Å². The van der Waals surface area contributed by atoms with E-state index >= 15 is 0 Å². The molecular formula is C40H35N5S. The number of para-hydroxylation sites is 1. The molecule has 3 N–H and O–H groups in total. The Hall–Kier alpha value is -5.72. The fourth-order valence-corrected chi connectivity index (χ4v) is 5.28. The predicted molar refractivity (Wildman–Crippen MR) is 199 cm³/mol. The average Bonchev–Trinajstić information content (AvgIpc) is 3.08. The van der Waals surface area contributed by atoms with E-state index in [9.17, 15) is 0 Å². The van der Waals surface area contributed by atoms with Crippen LogP contribution in [0.15, 0.2) is 158 Å². The van der Waals surface area contributed by atoms with Crippen molar-refractivity contribution in [3.63, 3.8) is 0 Å². The Morgan fingerprint density at radius 2 is 1.41 bits per heavy atom. The maximum absolute atomic E-state index is 8.68. The molecule has 0 bridgehead atoms. The molecule has 1 aromatic heterocycles. The Bertz CT molecular complexity index is 2080. The molecule has 5 aromatic carbocycles. The number of rotatable bonds is 3. The summed E-state index contributed by atoms with van der Waals surface area (Å²) in [6.45, 7) is 6.49. The van der Waals surface area contributed by atoms with E-state index in [-0.39, 0.29) is 25.2 Å². The number of aromatic nitrogens is 1. The highest BCUT2D eigenvalue weighted by atomic mass is 32.1. The van der Waals surface area contributed by atoms with Crippen LogP contribution in [0.25, 0.3) is 22.4 Å². The SMILES string of the molecule is C=C1c2ccccc2/C=C\N(c2cncc(C(=N)N=C(N)c3ccc4ccccc4c3)c2)c2ccccc21.Cc1ccccc1.S. The molecule has 5 nitrogen and oxygen atoms in total. The lowest BCUT2D eigenvalue weighted by Gasteiger charge is -2.27. The number of aryl methyl sites for hydroxylation is 1. The molecule has 0 fully saturated rings. The van der Waals surface area contributed by atoms with Gasteiger partial charge >= 0.3 is 0 Å². The van der Waals surface area contributed by atoms with E-state index in [1.807, 2.05) is 91.1 Å². The molecule has 0 radical (unpaired) electrons. The van der Waals surface area contributed by atoms with Crippen molar-refractivity contribution in [2.24, 2.45) is 10.7 Å². The summed E-state index contributed by atoms with van der Waals surface area (Å²) in [5.74, 6) is 0.333. The third-order valence-corrected chi connectivity index (χ3v) is 7.67. The fraction of sp³-hybridized carbons (Fsp3) is 0.0250. The molecule has 0 spiro atoms. The minimum Gasteiger partial charge on any atom is -0.383 e. The monoisotopic (exact) mass is 617 g/mol. The first kappa shape index (κ1) is 31.7. The topological polar surface area (TPSA) is 78.4 Å². The quantitative estimate of drug-likeness (QED) is 0.153. The number of nitrogens with one attached hydrogen (secondary N) is 1. The number of nitrogens with two attached hydrogens (primary N) is 1. The van der Waals surface area contributed by atoms with Crippen molar-refractivity contribution < 1.29 is 0 Å². The van der Waals surface area contributed by atoms with Gasteiger partial charge in [-0.3, -0.25) is 10.4 Å². The molecular weight excluding hydrogens is 583 g/mol. The van der Waals surface area contributed by atoms with Crippen molar-refractivity contribution in [1.29, 1.82) is 5.41 Å². The van der Waals surface area contributed by atoms with Crippen LogP contribution in [0.4, 0.5) is 11.4 Å². The second kappa shape index (κ2) is 14.4. The van der Waals surface area contributed by atoms with Crippen molar-refractivity contribution in [1.82, 2.24) is 4.98 Å². The van der Waals surface area contributed by atoms with E-state index in [2.05, 4.69) is 76.9 Å². The molecule has 226 valence electrons. The first-order valence-corrected chi connectivity index (χ1v) is 14.7. The summed E-state index contributed by atoms with van der Waals surface area (Å²) in [6, 6.07) is 42.6. The number of amidine groups is 2. The van der Waals surface area contributed by atoms with E-state index in [1.54, 1.807) is 12.4 Å². The van der Waals surface area contributed by atoms with Gasteiger partial charge in [-0.05, 0) is 58.7 Å². The summed E-state index contributed by atoms with van der Waals surface area (Å²) in [4.78, 5) is 10.9. The number of anilines is 2. The van der Waals surface area contributed by atoms with E-state index < -0.39 is 0 Å². The summed E-state index contributed by atoms with van der Waals surface area (Å²) in [5.41, 5.74) is 14.9. The maximum Gasteiger partial charge on any atom is 0.155 e. The van der Waals surface area contributed by atoms with Crippen molar-refractivity contribution in [2.45, 2.75) is 6.92 Å². The Balaban J connectivity index is 0.000000463. The number of hydrogen-bond acceptors (Lipinski definition) is 3. The molecule has 6 aromatic rings. The zero-order chi connectivity index (χ0) is 31.2. The third-order valence-electron chi connectivity index (χ3n) is 7.67. The summed E-state index contributed by atoms with van der Waals surface area (Å²) in [7, 11) is 0. The largest absolute Gasteiger partial charge is 0.383 e. The molecule has 7 rings (SSSR count). The van der Waals surface area contributed by atoms with Crippen LogP contribution in [0.1, 0.15) is 33.4 Å². The molecule has 0 unspecified atom stereocenters. The normalized spacial score (nSPS) is 12.8. The van der Waals surface area contributed by atoms with E-state index in [0.717, 1.165) is 50.0 Å².